The van der Waals surface area contributed by atoms with E-state index in [1.807, 2.05) is 16.7 Å². The highest BCUT2D eigenvalue weighted by Crippen LogP contribution is 2.26. The van der Waals surface area contributed by atoms with Gasteiger partial charge in [-0.15, -0.1) is 10.2 Å². The van der Waals surface area contributed by atoms with E-state index >= 15 is 0 Å². The van der Waals surface area contributed by atoms with Crippen LogP contribution in [0.3, 0.4) is 0 Å². The highest BCUT2D eigenvalue weighted by molar-refractivity contribution is 7.99. The summed E-state index contributed by atoms with van der Waals surface area (Å²) in [5.41, 5.74) is 0.696. The zero-order valence-corrected chi connectivity index (χ0v) is 19.0. The number of methoxy groups -OCH3 is 1. The minimum atomic E-state index is -0.444. The maximum absolute atomic E-state index is 13.9. The molecule has 0 spiro atoms. The van der Waals surface area contributed by atoms with E-state index in [4.69, 9.17) is 9.15 Å². The van der Waals surface area contributed by atoms with Crippen molar-refractivity contribution in [3.8, 4) is 5.75 Å². The van der Waals surface area contributed by atoms with Crippen molar-refractivity contribution < 1.29 is 18.3 Å². The van der Waals surface area contributed by atoms with Crippen molar-refractivity contribution in [1.29, 1.82) is 0 Å². The topological polar surface area (TPSA) is 76.6 Å². The Bertz CT molecular complexity index is 1050. The number of benzene rings is 1. The number of thioether (sulfide) groups is 1. The first kappa shape index (κ1) is 22.2. The number of hydrogen-bond donors (Lipinski definition) is 0. The van der Waals surface area contributed by atoms with Crippen molar-refractivity contribution in [2.75, 3.05) is 37.9 Å². The summed E-state index contributed by atoms with van der Waals surface area (Å²) in [6, 6.07) is 8.46. The van der Waals surface area contributed by atoms with Crippen LogP contribution in [0.15, 0.2) is 46.2 Å². The Morgan fingerprint density at radius 2 is 2.09 bits per heavy atom. The molecule has 3 aromatic rings. The van der Waals surface area contributed by atoms with Gasteiger partial charge in [0.05, 0.1) is 25.7 Å². The minimum absolute atomic E-state index is 0.0819. The number of carbonyl (C=O) groups is 1. The third-order valence-corrected chi connectivity index (χ3v) is 6.32. The van der Waals surface area contributed by atoms with Gasteiger partial charge in [-0.3, -0.25) is 9.36 Å². The molecular weight excluding hydrogens is 433 g/mol. The van der Waals surface area contributed by atoms with Gasteiger partial charge in [-0.05, 0) is 42.7 Å². The summed E-state index contributed by atoms with van der Waals surface area (Å²) < 4.78 is 26.4. The van der Waals surface area contributed by atoms with Crippen LogP contribution in [0.1, 0.15) is 24.2 Å². The summed E-state index contributed by atoms with van der Waals surface area (Å²) in [5.74, 6) is 1.46. The predicted molar refractivity (Wildman–Crippen MR) is 119 cm³/mol. The van der Waals surface area contributed by atoms with E-state index in [9.17, 15) is 9.18 Å². The van der Waals surface area contributed by atoms with Crippen LogP contribution in [-0.2, 0) is 17.9 Å². The Morgan fingerprint density at radius 3 is 2.78 bits per heavy atom. The van der Waals surface area contributed by atoms with Crippen LogP contribution in [-0.4, -0.2) is 58.6 Å². The van der Waals surface area contributed by atoms with Crippen molar-refractivity contribution in [3.63, 3.8) is 0 Å². The molecule has 0 aliphatic carbocycles. The van der Waals surface area contributed by atoms with E-state index in [2.05, 4.69) is 15.1 Å². The molecule has 1 aliphatic rings. The Kier molecular flexibility index (Phi) is 6.99. The first-order chi connectivity index (χ1) is 15.5. The van der Waals surface area contributed by atoms with Gasteiger partial charge in [0.2, 0.25) is 11.9 Å². The highest BCUT2D eigenvalue weighted by atomic mass is 32.2. The molecule has 8 nitrogen and oxygen atoms in total. The van der Waals surface area contributed by atoms with Gasteiger partial charge in [0.15, 0.2) is 16.7 Å². The molecule has 1 aromatic carbocycles. The molecule has 4 rings (SSSR count). The second-order valence-corrected chi connectivity index (χ2v) is 8.59. The predicted octanol–water partition coefficient (Wildman–Crippen LogP) is 3.42. The normalized spacial score (nSPS) is 13.5. The second kappa shape index (κ2) is 10.1. The molecule has 170 valence electrons. The van der Waals surface area contributed by atoms with Crippen molar-refractivity contribution in [2.24, 2.45) is 0 Å². The van der Waals surface area contributed by atoms with Crippen molar-refractivity contribution in [2.45, 2.75) is 31.1 Å². The number of amides is 1. The van der Waals surface area contributed by atoms with E-state index < -0.39 is 5.82 Å². The van der Waals surface area contributed by atoms with Crippen molar-refractivity contribution in [1.82, 2.24) is 19.7 Å². The van der Waals surface area contributed by atoms with Crippen LogP contribution in [0.25, 0.3) is 0 Å². The van der Waals surface area contributed by atoms with Crippen molar-refractivity contribution in [3.05, 3.63) is 53.7 Å². The second-order valence-electron chi connectivity index (χ2n) is 7.65. The summed E-state index contributed by atoms with van der Waals surface area (Å²) in [4.78, 5) is 16.5. The number of halogens is 1. The van der Waals surface area contributed by atoms with Crippen LogP contribution in [0.4, 0.5) is 10.3 Å². The average molecular weight is 460 g/mol. The summed E-state index contributed by atoms with van der Waals surface area (Å²) in [7, 11) is 3.12. The summed E-state index contributed by atoms with van der Waals surface area (Å²) in [6.07, 6.45) is 3.90. The Labute approximate surface area is 190 Å². The zero-order chi connectivity index (χ0) is 22.5. The number of hydrogen-bond acceptors (Lipinski definition) is 7. The third-order valence-electron chi connectivity index (χ3n) is 5.37. The van der Waals surface area contributed by atoms with E-state index in [1.54, 1.807) is 30.3 Å². The lowest BCUT2D eigenvalue weighted by Crippen LogP contribution is -2.28. The number of ether oxygens (including phenoxy) is 1. The van der Waals surface area contributed by atoms with Gasteiger partial charge in [-0.2, -0.15) is 0 Å². The molecule has 0 radical (unpaired) electrons. The number of carbonyl (C=O) groups excluding carboxylic acids is 1. The van der Waals surface area contributed by atoms with E-state index in [0.29, 0.717) is 23.8 Å². The van der Waals surface area contributed by atoms with Gasteiger partial charge in [0.1, 0.15) is 5.76 Å². The fraction of sp³-hybridized carbons (Fsp3) is 0.409. The molecule has 0 unspecified atom stereocenters. The first-order valence-corrected chi connectivity index (χ1v) is 11.4. The quantitative estimate of drug-likeness (QED) is 0.454. The van der Waals surface area contributed by atoms with Crippen LogP contribution in [0, 0.1) is 5.82 Å². The molecule has 0 N–H and O–H groups in total. The van der Waals surface area contributed by atoms with Gasteiger partial charge >= 0.3 is 0 Å². The first-order valence-electron chi connectivity index (χ1n) is 10.4. The van der Waals surface area contributed by atoms with Gasteiger partial charge < -0.3 is 19.0 Å². The Hall–Kier alpha value is -3.01. The van der Waals surface area contributed by atoms with Crippen LogP contribution >= 0.6 is 11.8 Å². The summed E-state index contributed by atoms with van der Waals surface area (Å²) >= 11 is 1.34. The molecule has 0 atom stereocenters. The van der Waals surface area contributed by atoms with Crippen molar-refractivity contribution >= 4 is 23.6 Å². The zero-order valence-electron chi connectivity index (χ0n) is 18.2. The summed E-state index contributed by atoms with van der Waals surface area (Å²) in [6.45, 7) is 2.70. The number of anilines is 1. The summed E-state index contributed by atoms with van der Waals surface area (Å²) in [5, 5.41) is 9.41. The Balaban J connectivity index is 1.42. The van der Waals surface area contributed by atoms with Crippen LogP contribution in [0.2, 0.25) is 0 Å². The number of rotatable bonds is 9. The van der Waals surface area contributed by atoms with Gasteiger partial charge in [-0.1, -0.05) is 17.8 Å². The standard InChI is InChI=1S/C22H26FN5O3S/c1-26(13-16-7-8-19(30-2)18(23)12-16)20(29)15-32-22-25-24-21(27-9-3-4-10-27)28(22)14-17-6-5-11-31-17/h5-8,11-12H,3-4,9-10,13-15H2,1-2H3. The van der Waals surface area contributed by atoms with E-state index in [-0.39, 0.29) is 17.4 Å². The van der Waals surface area contributed by atoms with Gasteiger partial charge in [0, 0.05) is 26.7 Å². The van der Waals surface area contributed by atoms with Gasteiger partial charge in [-0.25, -0.2) is 4.39 Å². The minimum Gasteiger partial charge on any atom is -0.494 e. The molecule has 1 saturated heterocycles. The maximum Gasteiger partial charge on any atom is 0.233 e. The highest BCUT2D eigenvalue weighted by Gasteiger charge is 2.23. The number of nitrogens with zero attached hydrogens (tertiary/aromatic N) is 5. The molecule has 1 fully saturated rings. The molecular formula is C22H26FN5O3S. The molecule has 3 heterocycles. The molecule has 10 heteroatoms. The SMILES string of the molecule is COc1ccc(CN(C)C(=O)CSc2nnc(N3CCCC3)n2Cc2ccco2)cc1F. The Morgan fingerprint density at radius 1 is 1.28 bits per heavy atom. The third kappa shape index (κ3) is 5.07. The van der Waals surface area contributed by atoms with E-state index in [1.165, 1.54) is 24.9 Å². The number of furan rings is 1. The lowest BCUT2D eigenvalue weighted by Gasteiger charge is -2.19. The molecule has 0 saturated carbocycles. The fourth-order valence-electron chi connectivity index (χ4n) is 3.64. The van der Waals surface area contributed by atoms with Gasteiger partial charge in [0.25, 0.3) is 0 Å². The largest absolute Gasteiger partial charge is 0.494 e. The molecule has 2 aromatic heterocycles. The fourth-order valence-corrected chi connectivity index (χ4v) is 4.52. The van der Waals surface area contributed by atoms with Crippen LogP contribution < -0.4 is 9.64 Å². The molecule has 1 amide bonds. The van der Waals surface area contributed by atoms with E-state index in [0.717, 1.165) is 37.6 Å². The van der Waals surface area contributed by atoms with Crippen LogP contribution in [0.5, 0.6) is 5.75 Å². The smallest absolute Gasteiger partial charge is 0.233 e. The molecule has 32 heavy (non-hydrogen) atoms. The average Bonchev–Trinajstić information content (AvgIpc) is 3.55. The lowest BCUT2D eigenvalue weighted by atomic mass is 10.2. The molecule has 0 bridgehead atoms. The maximum atomic E-state index is 13.9. The lowest BCUT2D eigenvalue weighted by molar-refractivity contribution is -0.127. The molecule has 1 aliphatic heterocycles. The number of aromatic nitrogens is 3. The monoisotopic (exact) mass is 459 g/mol.